The van der Waals surface area contributed by atoms with Crippen molar-refractivity contribution in [2.45, 2.75) is 6.92 Å². The third kappa shape index (κ3) is 6.20. The summed E-state index contributed by atoms with van der Waals surface area (Å²) < 4.78 is 0. The van der Waals surface area contributed by atoms with E-state index in [2.05, 4.69) is 16.9 Å². The van der Waals surface area contributed by atoms with Crippen LogP contribution in [0.4, 0.5) is 5.69 Å². The van der Waals surface area contributed by atoms with E-state index in [1.54, 1.807) is 24.4 Å². The molecule has 0 bridgehead atoms. The third-order valence-electron chi connectivity index (χ3n) is 2.49. The summed E-state index contributed by atoms with van der Waals surface area (Å²) >= 11 is 0. The van der Waals surface area contributed by atoms with Gasteiger partial charge in [0.1, 0.15) is 5.84 Å². The summed E-state index contributed by atoms with van der Waals surface area (Å²) in [4.78, 5) is 4.26. The number of rotatable bonds is 7. The molecule has 0 atom stereocenters. The Bertz CT molecular complexity index is 607. The molecule has 0 fully saturated rings. The van der Waals surface area contributed by atoms with Gasteiger partial charge in [-0.1, -0.05) is 30.9 Å². The second-order valence-corrected chi connectivity index (χ2v) is 4.11. The van der Waals surface area contributed by atoms with Gasteiger partial charge in [-0.25, -0.2) is 4.99 Å². The molecular weight excluding hydrogens is 260 g/mol. The Morgan fingerprint density at radius 3 is 2.90 bits per heavy atom. The van der Waals surface area contributed by atoms with Crippen molar-refractivity contribution in [3.8, 4) is 0 Å². The molecule has 4 heteroatoms. The molecule has 0 aromatic heterocycles. The van der Waals surface area contributed by atoms with Crippen LogP contribution in [0.3, 0.4) is 0 Å². The van der Waals surface area contributed by atoms with Crippen molar-refractivity contribution in [2.24, 2.45) is 10.7 Å². The molecule has 0 amide bonds. The van der Waals surface area contributed by atoms with Crippen LogP contribution < -0.4 is 11.1 Å². The summed E-state index contributed by atoms with van der Waals surface area (Å²) in [6.07, 6.45) is 12.1. The van der Waals surface area contributed by atoms with Gasteiger partial charge < -0.3 is 16.5 Å². The highest BCUT2D eigenvalue weighted by Gasteiger charge is 1.92. The minimum absolute atomic E-state index is 0.374. The molecule has 0 aliphatic heterocycles. The standard InChI is InChI=1S/C17H20N4/c1-3-5-8-15(4-2)20-11-10-17(19)21-16-9-6-7-14(12-16)13-18/h3-13,18,20H,2H2,1H3,(H2,19,21)/b5-3-,11-10-,15-8+,18-13?. The molecule has 0 unspecified atom stereocenters. The van der Waals surface area contributed by atoms with E-state index in [1.165, 1.54) is 6.21 Å². The van der Waals surface area contributed by atoms with Gasteiger partial charge in [0.25, 0.3) is 0 Å². The van der Waals surface area contributed by atoms with E-state index in [1.807, 2.05) is 43.4 Å². The fraction of sp³-hybridized carbons (Fsp3) is 0.0588. The molecular formula is C17H20N4. The second kappa shape index (κ2) is 9.09. The normalized spacial score (nSPS) is 12.8. The molecule has 1 rings (SSSR count). The van der Waals surface area contributed by atoms with E-state index in [0.29, 0.717) is 11.5 Å². The highest BCUT2D eigenvalue weighted by Crippen LogP contribution is 2.12. The zero-order chi connectivity index (χ0) is 15.5. The zero-order valence-electron chi connectivity index (χ0n) is 12.1. The number of nitrogens with zero attached hydrogens (tertiary/aromatic N) is 1. The number of hydrogen-bond acceptors (Lipinski definition) is 3. The van der Waals surface area contributed by atoms with E-state index < -0.39 is 0 Å². The SMILES string of the molecule is C=C/C(=C\C=C/C)N/C=C\C(N)=Nc1cccc(C=N)c1. The van der Waals surface area contributed by atoms with Crippen molar-refractivity contribution in [2.75, 3.05) is 0 Å². The van der Waals surface area contributed by atoms with Crippen LogP contribution >= 0.6 is 0 Å². The molecule has 0 radical (unpaired) electrons. The molecule has 0 aliphatic rings. The maximum absolute atomic E-state index is 7.21. The van der Waals surface area contributed by atoms with Gasteiger partial charge in [-0.3, -0.25) is 0 Å². The Balaban J connectivity index is 2.72. The lowest BCUT2D eigenvalue weighted by Crippen LogP contribution is -2.10. The highest BCUT2D eigenvalue weighted by atomic mass is 14.9. The molecule has 4 N–H and O–H groups in total. The van der Waals surface area contributed by atoms with E-state index in [9.17, 15) is 0 Å². The fourth-order valence-corrected chi connectivity index (χ4v) is 1.47. The minimum atomic E-state index is 0.374. The molecule has 108 valence electrons. The first kappa shape index (κ1) is 16.2. The summed E-state index contributed by atoms with van der Waals surface area (Å²) in [6.45, 7) is 5.66. The fourth-order valence-electron chi connectivity index (χ4n) is 1.47. The molecule has 0 saturated heterocycles. The second-order valence-electron chi connectivity index (χ2n) is 4.11. The highest BCUT2D eigenvalue weighted by molar-refractivity contribution is 5.93. The topological polar surface area (TPSA) is 74.3 Å². The number of nitrogens with two attached hydrogens (primary N) is 1. The van der Waals surface area contributed by atoms with Gasteiger partial charge >= 0.3 is 0 Å². The molecule has 0 heterocycles. The van der Waals surface area contributed by atoms with Crippen LogP contribution in [0.1, 0.15) is 12.5 Å². The Morgan fingerprint density at radius 2 is 2.24 bits per heavy atom. The summed E-state index contributed by atoms with van der Waals surface area (Å²) in [5.41, 5.74) is 8.20. The lowest BCUT2D eigenvalue weighted by Gasteiger charge is -2.00. The van der Waals surface area contributed by atoms with Crippen LogP contribution in [-0.2, 0) is 0 Å². The molecule has 0 spiro atoms. The summed E-state index contributed by atoms with van der Waals surface area (Å²) in [7, 11) is 0. The monoisotopic (exact) mass is 280 g/mol. The van der Waals surface area contributed by atoms with Crippen molar-refractivity contribution in [1.82, 2.24) is 5.32 Å². The van der Waals surface area contributed by atoms with Crippen molar-refractivity contribution >= 4 is 17.7 Å². The first-order chi connectivity index (χ1) is 10.2. The van der Waals surface area contributed by atoms with E-state index >= 15 is 0 Å². The minimum Gasteiger partial charge on any atom is -0.384 e. The zero-order valence-corrected chi connectivity index (χ0v) is 12.1. The van der Waals surface area contributed by atoms with Crippen LogP contribution in [0.2, 0.25) is 0 Å². The first-order valence-corrected chi connectivity index (χ1v) is 6.52. The largest absolute Gasteiger partial charge is 0.384 e. The van der Waals surface area contributed by atoms with Gasteiger partial charge in [0.2, 0.25) is 0 Å². The van der Waals surface area contributed by atoms with Crippen LogP contribution in [0, 0.1) is 5.41 Å². The number of aliphatic imine (C=N–C) groups is 1. The predicted octanol–water partition coefficient (Wildman–Crippen LogP) is 3.42. The van der Waals surface area contributed by atoms with Gasteiger partial charge in [-0.2, -0.15) is 0 Å². The van der Waals surface area contributed by atoms with Crippen molar-refractivity contribution in [3.63, 3.8) is 0 Å². The van der Waals surface area contributed by atoms with E-state index in [-0.39, 0.29) is 0 Å². The number of benzene rings is 1. The van der Waals surface area contributed by atoms with Gasteiger partial charge in [0.05, 0.1) is 5.69 Å². The summed E-state index contributed by atoms with van der Waals surface area (Å²) in [5.74, 6) is 0.374. The first-order valence-electron chi connectivity index (χ1n) is 6.52. The average molecular weight is 280 g/mol. The molecule has 21 heavy (non-hydrogen) atoms. The van der Waals surface area contributed by atoms with Crippen LogP contribution in [0.25, 0.3) is 0 Å². The molecule has 0 aliphatic carbocycles. The Kier molecular flexibility index (Phi) is 7.00. The Labute approximate surface area is 125 Å². The van der Waals surface area contributed by atoms with Crippen LogP contribution in [-0.4, -0.2) is 12.1 Å². The van der Waals surface area contributed by atoms with Crippen LogP contribution in [0.15, 0.2) is 78.1 Å². The van der Waals surface area contributed by atoms with Gasteiger partial charge in [-0.05, 0) is 42.8 Å². The Morgan fingerprint density at radius 1 is 1.43 bits per heavy atom. The van der Waals surface area contributed by atoms with Gasteiger partial charge in [0.15, 0.2) is 0 Å². The quantitative estimate of drug-likeness (QED) is 0.407. The Hall–Kier alpha value is -2.88. The van der Waals surface area contributed by atoms with Gasteiger partial charge in [-0.15, -0.1) is 0 Å². The van der Waals surface area contributed by atoms with E-state index in [0.717, 1.165) is 11.3 Å². The lowest BCUT2D eigenvalue weighted by molar-refractivity contribution is 1.11. The summed E-state index contributed by atoms with van der Waals surface area (Å²) in [5, 5.41) is 10.3. The average Bonchev–Trinajstić information content (AvgIpc) is 2.50. The summed E-state index contributed by atoms with van der Waals surface area (Å²) in [6, 6.07) is 7.30. The molecule has 0 saturated carbocycles. The third-order valence-corrected chi connectivity index (χ3v) is 2.49. The van der Waals surface area contributed by atoms with Crippen molar-refractivity contribution in [1.29, 1.82) is 5.41 Å². The van der Waals surface area contributed by atoms with Crippen LogP contribution in [0.5, 0.6) is 0 Å². The van der Waals surface area contributed by atoms with E-state index in [4.69, 9.17) is 11.1 Å². The van der Waals surface area contributed by atoms with Crippen molar-refractivity contribution in [3.05, 3.63) is 78.7 Å². The number of allylic oxidation sites excluding steroid dienone is 4. The maximum atomic E-state index is 7.21. The molecule has 1 aromatic rings. The number of nitrogens with one attached hydrogen (secondary N) is 2. The number of hydrogen-bond donors (Lipinski definition) is 3. The predicted molar refractivity (Wildman–Crippen MR) is 91.0 cm³/mol. The number of amidine groups is 1. The molecule has 4 nitrogen and oxygen atoms in total. The molecule has 1 aromatic carbocycles. The lowest BCUT2D eigenvalue weighted by atomic mass is 10.2. The smallest absolute Gasteiger partial charge is 0.125 e. The van der Waals surface area contributed by atoms with Crippen molar-refractivity contribution < 1.29 is 0 Å². The maximum Gasteiger partial charge on any atom is 0.125 e. The van der Waals surface area contributed by atoms with Gasteiger partial charge in [0, 0.05) is 18.1 Å².